The monoisotopic (exact) mass is 639 g/mol. The third-order valence-corrected chi connectivity index (χ3v) is 9.99. The summed E-state index contributed by atoms with van der Waals surface area (Å²) in [5, 5.41) is 12.7. The minimum atomic E-state index is -2.76. The van der Waals surface area contributed by atoms with Crippen molar-refractivity contribution >= 4 is 35.1 Å². The van der Waals surface area contributed by atoms with Gasteiger partial charge in [0.1, 0.15) is 17.9 Å². The lowest BCUT2D eigenvalue weighted by Gasteiger charge is -2.46. The zero-order valence-electron chi connectivity index (χ0n) is 24.7. The van der Waals surface area contributed by atoms with Crippen LogP contribution in [0.25, 0.3) is 0 Å². The number of aromatic nitrogens is 1. The van der Waals surface area contributed by atoms with E-state index in [-0.39, 0.29) is 62.2 Å². The smallest absolute Gasteiger partial charge is 0.248 e. The number of nitriles is 1. The van der Waals surface area contributed by atoms with Gasteiger partial charge in [0.05, 0.1) is 11.6 Å². The van der Waals surface area contributed by atoms with Crippen molar-refractivity contribution in [2.45, 2.75) is 93.9 Å². The van der Waals surface area contributed by atoms with Crippen molar-refractivity contribution < 1.29 is 23.2 Å². The van der Waals surface area contributed by atoms with E-state index in [4.69, 9.17) is 11.6 Å². The molecular formula is C32H36ClF2N7O3. The van der Waals surface area contributed by atoms with Crippen molar-refractivity contribution in [2.24, 2.45) is 5.92 Å². The first kappa shape index (κ1) is 31.3. The molecule has 3 unspecified atom stereocenters. The van der Waals surface area contributed by atoms with E-state index in [9.17, 15) is 28.4 Å². The first-order chi connectivity index (χ1) is 21.7. The Kier molecular flexibility index (Phi) is 9.04. The van der Waals surface area contributed by atoms with Crippen LogP contribution in [0.2, 0.25) is 5.02 Å². The Bertz CT molecular complexity index is 1490. The lowest BCUT2D eigenvalue weighted by molar-refractivity contribution is -0.147. The van der Waals surface area contributed by atoms with Crippen LogP contribution in [0.15, 0.2) is 42.6 Å². The lowest BCUT2D eigenvalue weighted by Crippen LogP contribution is -2.61. The summed E-state index contributed by atoms with van der Waals surface area (Å²) < 4.78 is 27.9. The molecule has 2 aromatic rings. The number of nitrogens with one attached hydrogen (secondary N) is 3. The number of carbonyl (C=O) groups is 3. The molecule has 13 heteroatoms. The highest BCUT2D eigenvalue weighted by atomic mass is 35.5. The molecule has 2 saturated carbocycles. The molecule has 4 fully saturated rings. The first-order valence-electron chi connectivity index (χ1n) is 15.6. The van der Waals surface area contributed by atoms with Crippen molar-refractivity contribution in [2.75, 3.05) is 11.4 Å². The summed E-state index contributed by atoms with van der Waals surface area (Å²) in [6.45, 7) is 0.710. The standard InChI is InChI=1S/C32H36ClF2N7O3/c33-23-6-2-1-5-22(23)29(30(44)39-21-10-13-32(34,35)14-11-21)42(24-7-3-4-20-18-38-40-28(20)24)31(45)25-8-9-27(43)41(25)26-16-19(17-36)12-15-37-26/h1-2,5-6,12,15-16,20-21,24-25,28-29,38,40H,3-4,7-11,13-14,18H2,(H,39,44)/t20?,24?,25-,28?,29-/m0/s1. The molecule has 238 valence electrons. The molecule has 3 heterocycles. The summed E-state index contributed by atoms with van der Waals surface area (Å²) in [6.07, 6.45) is 3.68. The van der Waals surface area contributed by atoms with Gasteiger partial charge >= 0.3 is 0 Å². The van der Waals surface area contributed by atoms with Crippen LogP contribution in [0, 0.1) is 17.2 Å². The van der Waals surface area contributed by atoms with Gasteiger partial charge in [-0.2, -0.15) is 5.26 Å². The molecule has 0 spiro atoms. The van der Waals surface area contributed by atoms with E-state index in [1.54, 1.807) is 29.2 Å². The Labute approximate surface area is 265 Å². The SMILES string of the molecule is N#Cc1ccnc(N2C(=O)CC[C@H]2C(=O)N(C2CCCC3CNNC32)[C@H](C(=O)NC2CCC(F)(F)CC2)c2ccccc2Cl)c1. The Morgan fingerprint density at radius 2 is 1.93 bits per heavy atom. The number of halogens is 3. The van der Waals surface area contributed by atoms with E-state index < -0.39 is 41.9 Å². The third kappa shape index (κ3) is 6.39. The number of carbonyl (C=O) groups excluding carboxylic acids is 3. The number of nitrogens with zero attached hydrogens (tertiary/aromatic N) is 4. The van der Waals surface area contributed by atoms with Gasteiger partial charge in [-0.25, -0.2) is 13.8 Å². The molecule has 45 heavy (non-hydrogen) atoms. The maximum absolute atomic E-state index is 15.0. The van der Waals surface area contributed by atoms with E-state index >= 15 is 0 Å². The van der Waals surface area contributed by atoms with E-state index in [1.165, 1.54) is 23.2 Å². The number of rotatable bonds is 7. The molecule has 1 aromatic carbocycles. The van der Waals surface area contributed by atoms with Crippen molar-refractivity contribution in [3.05, 3.63) is 58.7 Å². The molecule has 6 rings (SSSR count). The number of pyridine rings is 1. The molecule has 10 nitrogen and oxygen atoms in total. The molecule has 4 aliphatic rings. The van der Waals surface area contributed by atoms with Crippen LogP contribution in [-0.2, 0) is 14.4 Å². The Balaban J connectivity index is 1.42. The van der Waals surface area contributed by atoms with Gasteiger partial charge in [0.25, 0.3) is 0 Å². The van der Waals surface area contributed by atoms with Crippen molar-refractivity contribution in [1.29, 1.82) is 5.26 Å². The normalized spacial score (nSPS) is 27.0. The van der Waals surface area contributed by atoms with Crippen LogP contribution in [0.1, 0.15) is 75.0 Å². The fourth-order valence-corrected chi connectivity index (χ4v) is 7.62. The highest BCUT2D eigenvalue weighted by Gasteiger charge is 2.50. The molecule has 0 bridgehead atoms. The van der Waals surface area contributed by atoms with Crippen LogP contribution in [0.5, 0.6) is 0 Å². The zero-order chi connectivity index (χ0) is 31.7. The van der Waals surface area contributed by atoms with Crippen LogP contribution < -0.4 is 21.1 Å². The molecule has 0 radical (unpaired) electrons. The van der Waals surface area contributed by atoms with Gasteiger partial charge < -0.3 is 10.2 Å². The predicted octanol–water partition coefficient (Wildman–Crippen LogP) is 4.01. The minimum absolute atomic E-state index is 0.0957. The van der Waals surface area contributed by atoms with E-state index in [2.05, 4.69) is 27.2 Å². The fraction of sp³-hybridized carbons (Fsp3) is 0.531. The fourth-order valence-electron chi connectivity index (χ4n) is 7.38. The molecular weight excluding hydrogens is 604 g/mol. The van der Waals surface area contributed by atoms with Crippen molar-refractivity contribution in [3.8, 4) is 6.07 Å². The van der Waals surface area contributed by atoms with Crippen LogP contribution >= 0.6 is 11.6 Å². The number of hydrogen-bond donors (Lipinski definition) is 3. The maximum Gasteiger partial charge on any atom is 0.248 e. The topological polar surface area (TPSA) is 130 Å². The number of alkyl halides is 2. The number of fused-ring (bicyclic) bond motifs is 1. The number of hydrazine groups is 1. The van der Waals surface area contributed by atoms with Gasteiger partial charge in [0, 0.05) is 60.7 Å². The minimum Gasteiger partial charge on any atom is -0.351 e. The second kappa shape index (κ2) is 13.0. The van der Waals surface area contributed by atoms with Gasteiger partial charge in [-0.05, 0) is 56.2 Å². The van der Waals surface area contributed by atoms with Gasteiger partial charge in [-0.15, -0.1) is 0 Å². The zero-order valence-corrected chi connectivity index (χ0v) is 25.5. The van der Waals surface area contributed by atoms with Crippen molar-refractivity contribution in [1.82, 2.24) is 26.1 Å². The molecule has 2 saturated heterocycles. The molecule has 3 amide bonds. The molecule has 1 aromatic heterocycles. The Morgan fingerprint density at radius 3 is 2.69 bits per heavy atom. The second-order valence-electron chi connectivity index (χ2n) is 12.5. The first-order valence-corrected chi connectivity index (χ1v) is 16.0. The maximum atomic E-state index is 15.0. The van der Waals surface area contributed by atoms with Gasteiger partial charge in [0.2, 0.25) is 23.6 Å². The highest BCUT2D eigenvalue weighted by molar-refractivity contribution is 6.31. The highest BCUT2D eigenvalue weighted by Crippen LogP contribution is 2.40. The summed E-state index contributed by atoms with van der Waals surface area (Å²) in [5.74, 6) is -3.59. The van der Waals surface area contributed by atoms with E-state index in [0.29, 0.717) is 29.1 Å². The summed E-state index contributed by atoms with van der Waals surface area (Å²) in [7, 11) is 0. The number of hydrogen-bond acceptors (Lipinski definition) is 7. The molecule has 5 atom stereocenters. The second-order valence-corrected chi connectivity index (χ2v) is 12.9. The predicted molar refractivity (Wildman–Crippen MR) is 162 cm³/mol. The average Bonchev–Trinajstić information content (AvgIpc) is 3.68. The van der Waals surface area contributed by atoms with Gasteiger partial charge in [-0.3, -0.25) is 30.1 Å². The van der Waals surface area contributed by atoms with E-state index in [0.717, 1.165) is 12.8 Å². The van der Waals surface area contributed by atoms with Crippen molar-refractivity contribution in [3.63, 3.8) is 0 Å². The Morgan fingerprint density at radius 1 is 1.16 bits per heavy atom. The number of anilines is 1. The quantitative estimate of drug-likeness (QED) is 0.417. The van der Waals surface area contributed by atoms with Gasteiger partial charge in [0.15, 0.2) is 0 Å². The third-order valence-electron chi connectivity index (χ3n) is 9.65. The van der Waals surface area contributed by atoms with Crippen LogP contribution in [0.4, 0.5) is 14.6 Å². The largest absolute Gasteiger partial charge is 0.351 e. The molecule has 2 aliphatic carbocycles. The summed E-state index contributed by atoms with van der Waals surface area (Å²) in [4.78, 5) is 49.9. The average molecular weight is 640 g/mol. The summed E-state index contributed by atoms with van der Waals surface area (Å²) in [6, 6.07) is 8.65. The van der Waals surface area contributed by atoms with E-state index in [1.807, 2.05) is 0 Å². The van der Waals surface area contributed by atoms with Crippen LogP contribution in [-0.4, -0.2) is 64.2 Å². The number of benzene rings is 1. The molecule has 2 aliphatic heterocycles. The lowest BCUT2D eigenvalue weighted by atomic mass is 9.80. The van der Waals surface area contributed by atoms with Gasteiger partial charge in [-0.1, -0.05) is 36.2 Å². The Hall–Kier alpha value is -3.66. The number of amides is 3. The summed E-state index contributed by atoms with van der Waals surface area (Å²) in [5.41, 5.74) is 7.26. The van der Waals surface area contributed by atoms with Crippen LogP contribution in [0.3, 0.4) is 0 Å². The molecule has 3 N–H and O–H groups in total. The summed E-state index contributed by atoms with van der Waals surface area (Å²) >= 11 is 6.73.